The maximum Gasteiger partial charge on any atom is 0.410 e. The minimum atomic E-state index is -0.489. The quantitative estimate of drug-likeness (QED) is 0.769. The molecule has 0 unspecified atom stereocenters. The number of anilines is 3. The Balaban J connectivity index is 1.69. The van der Waals surface area contributed by atoms with E-state index in [1.54, 1.807) is 0 Å². The summed E-state index contributed by atoms with van der Waals surface area (Å²) in [7, 11) is 0. The molecular weight excluding hydrogens is 380 g/mol. The summed E-state index contributed by atoms with van der Waals surface area (Å²) in [6.07, 6.45) is 2.92. The van der Waals surface area contributed by atoms with Crippen LogP contribution in [0.3, 0.4) is 0 Å². The van der Waals surface area contributed by atoms with E-state index >= 15 is 0 Å². The standard InChI is InChI=1S/C22H38N6O2/c1-21(2,3)9-10-24-17-12-18(26-19(23)25-17)27-13-15-8-7-11-28(16(15)14-27)20(29)30-22(4,5)6/h12,15-16H,7-11,13-14H2,1-6H3,(H3,23,24,25,26)/t15-,16+/m1/s1. The number of carbonyl (C=O) groups is 1. The lowest BCUT2D eigenvalue weighted by Crippen LogP contribution is -2.50. The number of aromatic nitrogens is 2. The first-order chi connectivity index (χ1) is 13.9. The van der Waals surface area contributed by atoms with E-state index in [-0.39, 0.29) is 23.5 Å². The zero-order chi connectivity index (χ0) is 22.1. The Bertz CT molecular complexity index is 755. The van der Waals surface area contributed by atoms with Crippen molar-refractivity contribution < 1.29 is 9.53 Å². The van der Waals surface area contributed by atoms with Crippen LogP contribution in [0.5, 0.6) is 0 Å². The van der Waals surface area contributed by atoms with Crippen LogP contribution in [0.2, 0.25) is 0 Å². The van der Waals surface area contributed by atoms with Gasteiger partial charge in [-0.3, -0.25) is 0 Å². The van der Waals surface area contributed by atoms with Gasteiger partial charge < -0.3 is 25.6 Å². The van der Waals surface area contributed by atoms with Gasteiger partial charge in [0.2, 0.25) is 5.95 Å². The van der Waals surface area contributed by atoms with Crippen LogP contribution in [0.15, 0.2) is 6.07 Å². The Labute approximate surface area is 180 Å². The second-order valence-corrected chi connectivity index (χ2v) is 10.8. The molecule has 3 N–H and O–H groups in total. The molecule has 168 valence electrons. The molecule has 0 spiro atoms. The van der Waals surface area contributed by atoms with Gasteiger partial charge in [-0.1, -0.05) is 20.8 Å². The van der Waals surface area contributed by atoms with Crippen LogP contribution in [0.1, 0.15) is 60.8 Å². The number of hydrogen-bond acceptors (Lipinski definition) is 7. The zero-order valence-corrected chi connectivity index (χ0v) is 19.4. The van der Waals surface area contributed by atoms with E-state index in [2.05, 4.69) is 41.0 Å². The smallest absolute Gasteiger partial charge is 0.410 e. The largest absolute Gasteiger partial charge is 0.444 e. The lowest BCUT2D eigenvalue weighted by atomic mass is 9.92. The predicted octanol–water partition coefficient (Wildman–Crippen LogP) is 3.74. The summed E-state index contributed by atoms with van der Waals surface area (Å²) in [6.45, 7) is 15.6. The maximum atomic E-state index is 12.7. The van der Waals surface area contributed by atoms with Crippen molar-refractivity contribution in [3.8, 4) is 0 Å². The summed E-state index contributed by atoms with van der Waals surface area (Å²) in [4.78, 5) is 25.7. The maximum absolute atomic E-state index is 12.7. The van der Waals surface area contributed by atoms with E-state index in [4.69, 9.17) is 10.5 Å². The van der Waals surface area contributed by atoms with Crippen molar-refractivity contribution in [3.63, 3.8) is 0 Å². The van der Waals surface area contributed by atoms with E-state index in [9.17, 15) is 4.79 Å². The van der Waals surface area contributed by atoms with Crippen molar-refractivity contribution in [3.05, 3.63) is 6.07 Å². The van der Waals surface area contributed by atoms with Crippen molar-refractivity contribution in [1.82, 2.24) is 14.9 Å². The van der Waals surface area contributed by atoms with E-state index in [1.165, 1.54) is 0 Å². The van der Waals surface area contributed by atoms with Gasteiger partial charge in [-0.25, -0.2) is 4.79 Å². The van der Waals surface area contributed by atoms with Crippen LogP contribution < -0.4 is 16.0 Å². The molecule has 2 aliphatic heterocycles. The van der Waals surface area contributed by atoms with Crippen LogP contribution in [0, 0.1) is 11.3 Å². The Hall–Kier alpha value is -2.25. The summed E-state index contributed by atoms with van der Waals surface area (Å²) in [5.41, 5.74) is 5.77. The molecule has 1 amide bonds. The first-order valence-electron chi connectivity index (χ1n) is 11.0. The average Bonchev–Trinajstić information content (AvgIpc) is 3.02. The molecule has 0 aromatic carbocycles. The van der Waals surface area contributed by atoms with E-state index in [1.807, 2.05) is 31.7 Å². The Morgan fingerprint density at radius 3 is 2.63 bits per heavy atom. The Kier molecular flexibility index (Phi) is 6.34. The molecule has 0 radical (unpaired) electrons. The number of carbonyl (C=O) groups excluding carboxylic acids is 1. The predicted molar refractivity (Wildman–Crippen MR) is 121 cm³/mol. The molecular formula is C22H38N6O2. The molecule has 0 aliphatic carbocycles. The zero-order valence-electron chi connectivity index (χ0n) is 19.4. The topological polar surface area (TPSA) is 96.6 Å². The summed E-state index contributed by atoms with van der Waals surface area (Å²) < 4.78 is 5.65. The lowest BCUT2D eigenvalue weighted by Gasteiger charge is -2.37. The van der Waals surface area contributed by atoms with Crippen LogP contribution in [0.25, 0.3) is 0 Å². The molecule has 3 rings (SSSR count). The fraction of sp³-hybridized carbons (Fsp3) is 0.773. The second kappa shape index (κ2) is 8.47. The highest BCUT2D eigenvalue weighted by atomic mass is 16.6. The molecule has 0 bridgehead atoms. The summed E-state index contributed by atoms with van der Waals surface area (Å²) in [5.74, 6) is 2.25. The van der Waals surface area contributed by atoms with Gasteiger partial charge in [0.25, 0.3) is 0 Å². The highest BCUT2D eigenvalue weighted by molar-refractivity contribution is 5.69. The highest BCUT2D eigenvalue weighted by Crippen LogP contribution is 2.34. The van der Waals surface area contributed by atoms with E-state index < -0.39 is 5.60 Å². The molecule has 2 atom stereocenters. The van der Waals surface area contributed by atoms with Gasteiger partial charge in [-0.2, -0.15) is 9.97 Å². The number of nitrogens with zero attached hydrogens (tertiary/aromatic N) is 4. The number of hydrogen-bond donors (Lipinski definition) is 2. The SMILES string of the molecule is CC(C)(C)CCNc1cc(N2C[C@H]3CCCN(C(=O)OC(C)(C)C)[C@H]3C2)nc(N)n1. The second-order valence-electron chi connectivity index (χ2n) is 10.8. The first kappa shape index (κ1) is 22.4. The average molecular weight is 419 g/mol. The molecule has 2 aliphatic rings. The van der Waals surface area contributed by atoms with Crippen molar-refractivity contribution in [2.45, 2.75) is 72.4 Å². The minimum absolute atomic E-state index is 0.141. The normalized spacial score (nSPS) is 22.1. The highest BCUT2D eigenvalue weighted by Gasteiger charge is 2.42. The number of nitrogens with two attached hydrogens (primary N) is 1. The van der Waals surface area contributed by atoms with Crippen molar-refractivity contribution in [2.75, 3.05) is 42.1 Å². The number of amides is 1. The van der Waals surface area contributed by atoms with Crippen LogP contribution in [-0.4, -0.2) is 58.8 Å². The molecule has 30 heavy (non-hydrogen) atoms. The van der Waals surface area contributed by atoms with Gasteiger partial charge in [0.1, 0.15) is 17.2 Å². The molecule has 8 nitrogen and oxygen atoms in total. The van der Waals surface area contributed by atoms with Crippen LogP contribution in [0.4, 0.5) is 22.4 Å². The third kappa shape index (κ3) is 5.89. The molecule has 0 saturated carbocycles. The minimum Gasteiger partial charge on any atom is -0.444 e. The molecule has 2 fully saturated rings. The summed E-state index contributed by atoms with van der Waals surface area (Å²) in [6, 6.07) is 2.11. The molecule has 1 aromatic heterocycles. The van der Waals surface area contributed by atoms with Crippen molar-refractivity contribution >= 4 is 23.7 Å². The number of rotatable bonds is 4. The van der Waals surface area contributed by atoms with Gasteiger partial charge in [-0.15, -0.1) is 0 Å². The van der Waals surface area contributed by atoms with E-state index in [0.717, 1.165) is 57.1 Å². The number of ether oxygens (including phenoxy) is 1. The molecule has 2 saturated heterocycles. The van der Waals surface area contributed by atoms with Crippen molar-refractivity contribution in [2.24, 2.45) is 11.3 Å². The number of nitrogens with one attached hydrogen (secondary N) is 1. The first-order valence-corrected chi connectivity index (χ1v) is 11.0. The fourth-order valence-electron chi connectivity index (χ4n) is 4.19. The Morgan fingerprint density at radius 2 is 1.97 bits per heavy atom. The van der Waals surface area contributed by atoms with Gasteiger partial charge >= 0.3 is 6.09 Å². The molecule has 3 heterocycles. The molecule has 8 heteroatoms. The van der Waals surface area contributed by atoms with Gasteiger partial charge in [0.15, 0.2) is 0 Å². The third-order valence-electron chi connectivity index (χ3n) is 5.64. The van der Waals surface area contributed by atoms with Gasteiger partial charge in [-0.05, 0) is 51.4 Å². The van der Waals surface area contributed by atoms with Gasteiger partial charge in [0, 0.05) is 32.2 Å². The monoisotopic (exact) mass is 418 g/mol. The molecule has 1 aromatic rings. The number of nitrogen functional groups attached to an aromatic ring is 1. The number of piperidine rings is 1. The Morgan fingerprint density at radius 1 is 1.23 bits per heavy atom. The van der Waals surface area contributed by atoms with Crippen LogP contribution >= 0.6 is 0 Å². The van der Waals surface area contributed by atoms with E-state index in [0.29, 0.717) is 5.92 Å². The summed E-state index contributed by atoms with van der Waals surface area (Å²) in [5, 5.41) is 3.38. The fourth-order valence-corrected chi connectivity index (χ4v) is 4.19. The third-order valence-corrected chi connectivity index (χ3v) is 5.64. The number of likely N-dealkylation sites (tertiary alicyclic amines) is 1. The number of fused-ring (bicyclic) bond motifs is 1. The van der Waals surface area contributed by atoms with Crippen LogP contribution in [-0.2, 0) is 4.74 Å². The summed E-state index contributed by atoms with van der Waals surface area (Å²) >= 11 is 0. The van der Waals surface area contributed by atoms with Gasteiger partial charge in [0.05, 0.1) is 6.04 Å². The lowest BCUT2D eigenvalue weighted by molar-refractivity contribution is 0.00669. The van der Waals surface area contributed by atoms with Crippen molar-refractivity contribution in [1.29, 1.82) is 0 Å².